The first-order valence-electron chi connectivity index (χ1n) is 5.69. The van der Waals surface area contributed by atoms with E-state index in [1.807, 2.05) is 18.2 Å². The van der Waals surface area contributed by atoms with E-state index in [4.69, 9.17) is 4.74 Å². The van der Waals surface area contributed by atoms with Crippen LogP contribution in [-0.2, 0) is 11.3 Å². The fourth-order valence-corrected chi connectivity index (χ4v) is 1.96. The molecule has 1 N–H and O–H groups in total. The molecule has 2 rings (SSSR count). The van der Waals surface area contributed by atoms with Crippen molar-refractivity contribution in [2.24, 2.45) is 0 Å². The Morgan fingerprint density at radius 3 is 2.55 bits per heavy atom. The van der Waals surface area contributed by atoms with Crippen LogP contribution in [0.2, 0.25) is 0 Å². The van der Waals surface area contributed by atoms with Crippen LogP contribution in [0, 0.1) is 15.2 Å². The summed E-state index contributed by atoms with van der Waals surface area (Å²) in [6.07, 6.45) is -0.796. The summed E-state index contributed by atoms with van der Waals surface area (Å²) in [5, 5.41) is 2.24. The minimum Gasteiger partial charge on any atom is -0.444 e. The summed E-state index contributed by atoms with van der Waals surface area (Å²) >= 11 is 1.53. The monoisotopic (exact) mass is 389 g/mol. The van der Waals surface area contributed by atoms with Gasteiger partial charge in [0.1, 0.15) is 12.4 Å². The van der Waals surface area contributed by atoms with Gasteiger partial charge in [0.15, 0.2) is 5.82 Å². The fraction of sp³-hybridized carbons (Fsp3) is 0.0714. The fourth-order valence-electron chi connectivity index (χ4n) is 1.49. The van der Waals surface area contributed by atoms with Gasteiger partial charge in [-0.05, 0) is 40.3 Å². The maximum absolute atomic E-state index is 13.7. The van der Waals surface area contributed by atoms with E-state index < -0.39 is 17.7 Å². The zero-order valence-corrected chi connectivity index (χ0v) is 12.4. The van der Waals surface area contributed by atoms with Gasteiger partial charge in [-0.15, -0.1) is 0 Å². The lowest BCUT2D eigenvalue weighted by Crippen LogP contribution is -2.15. The molecular weight excluding hydrogens is 379 g/mol. The molecule has 2 aromatic rings. The highest BCUT2D eigenvalue weighted by molar-refractivity contribution is 14.1. The van der Waals surface area contributed by atoms with Crippen LogP contribution in [0.25, 0.3) is 0 Å². The Bertz CT molecular complexity index is 620. The van der Waals surface area contributed by atoms with Crippen LogP contribution in [0.5, 0.6) is 0 Å². The molecule has 2 aromatic carbocycles. The van der Waals surface area contributed by atoms with Crippen LogP contribution in [0.4, 0.5) is 19.3 Å². The Balaban J connectivity index is 1.97. The number of amides is 1. The number of halogens is 3. The van der Waals surface area contributed by atoms with E-state index in [2.05, 4.69) is 5.32 Å². The molecule has 0 atom stereocenters. The first kappa shape index (κ1) is 14.7. The maximum Gasteiger partial charge on any atom is 0.412 e. The smallest absolute Gasteiger partial charge is 0.412 e. The normalized spacial score (nSPS) is 10.2. The number of carbonyl (C=O) groups excluding carboxylic acids is 1. The molecule has 0 radical (unpaired) electrons. The number of anilines is 1. The molecule has 0 aromatic heterocycles. The van der Waals surface area contributed by atoms with E-state index in [0.29, 0.717) is 0 Å². The SMILES string of the molecule is O=C(Nc1ccc(F)c(I)c1F)OCc1ccccc1. The molecule has 3 nitrogen and oxygen atoms in total. The minimum absolute atomic E-state index is 0.0760. The highest BCUT2D eigenvalue weighted by Crippen LogP contribution is 2.22. The first-order valence-corrected chi connectivity index (χ1v) is 6.77. The Kier molecular flexibility index (Phi) is 4.89. The Hall–Kier alpha value is -1.70. The van der Waals surface area contributed by atoms with Gasteiger partial charge in [0, 0.05) is 0 Å². The van der Waals surface area contributed by atoms with Gasteiger partial charge in [-0.25, -0.2) is 13.6 Å². The van der Waals surface area contributed by atoms with Crippen molar-refractivity contribution in [3.8, 4) is 0 Å². The summed E-state index contributed by atoms with van der Waals surface area (Å²) in [5.41, 5.74) is 0.700. The highest BCUT2D eigenvalue weighted by Gasteiger charge is 2.13. The zero-order valence-electron chi connectivity index (χ0n) is 10.2. The Morgan fingerprint density at radius 2 is 1.85 bits per heavy atom. The van der Waals surface area contributed by atoms with Gasteiger partial charge < -0.3 is 4.74 Å². The largest absolute Gasteiger partial charge is 0.444 e. The lowest BCUT2D eigenvalue weighted by atomic mass is 10.2. The first-order chi connectivity index (χ1) is 9.58. The zero-order chi connectivity index (χ0) is 14.5. The second kappa shape index (κ2) is 6.65. The third kappa shape index (κ3) is 3.66. The number of hydrogen-bond donors (Lipinski definition) is 1. The number of rotatable bonds is 3. The summed E-state index contributed by atoms with van der Waals surface area (Å²) in [4.78, 5) is 11.5. The van der Waals surface area contributed by atoms with Crippen molar-refractivity contribution < 1.29 is 18.3 Å². The van der Waals surface area contributed by atoms with Crippen molar-refractivity contribution in [3.05, 3.63) is 63.2 Å². The van der Waals surface area contributed by atoms with Crippen molar-refractivity contribution in [3.63, 3.8) is 0 Å². The van der Waals surface area contributed by atoms with Crippen LogP contribution in [0.3, 0.4) is 0 Å². The Labute approximate surface area is 128 Å². The van der Waals surface area contributed by atoms with Crippen LogP contribution in [0.1, 0.15) is 5.56 Å². The molecule has 0 aliphatic rings. The van der Waals surface area contributed by atoms with Crippen molar-refractivity contribution in [2.75, 3.05) is 5.32 Å². The topological polar surface area (TPSA) is 38.3 Å². The van der Waals surface area contributed by atoms with Gasteiger partial charge in [-0.2, -0.15) is 0 Å². The molecule has 104 valence electrons. The van der Waals surface area contributed by atoms with Crippen LogP contribution in [0.15, 0.2) is 42.5 Å². The highest BCUT2D eigenvalue weighted by atomic mass is 127. The van der Waals surface area contributed by atoms with Gasteiger partial charge in [-0.1, -0.05) is 30.3 Å². The standard InChI is InChI=1S/C14H10F2INO2/c15-10-6-7-11(12(16)13(10)17)18-14(19)20-8-9-4-2-1-3-5-9/h1-7H,8H2,(H,18,19). The predicted molar refractivity (Wildman–Crippen MR) is 79.3 cm³/mol. The molecule has 6 heteroatoms. The number of nitrogens with one attached hydrogen (secondary N) is 1. The maximum atomic E-state index is 13.7. The average Bonchev–Trinajstić information content (AvgIpc) is 2.47. The van der Waals surface area contributed by atoms with E-state index >= 15 is 0 Å². The summed E-state index contributed by atoms with van der Waals surface area (Å²) in [6, 6.07) is 11.3. The van der Waals surface area contributed by atoms with Crippen molar-refractivity contribution >= 4 is 34.4 Å². The van der Waals surface area contributed by atoms with Gasteiger partial charge in [0.25, 0.3) is 0 Å². The van der Waals surface area contributed by atoms with Gasteiger partial charge in [0.2, 0.25) is 0 Å². The summed E-state index contributed by atoms with van der Waals surface area (Å²) in [7, 11) is 0. The van der Waals surface area contributed by atoms with E-state index in [1.165, 1.54) is 22.6 Å². The van der Waals surface area contributed by atoms with Gasteiger partial charge in [0.05, 0.1) is 9.26 Å². The van der Waals surface area contributed by atoms with Crippen LogP contribution < -0.4 is 5.32 Å². The molecule has 0 heterocycles. The Morgan fingerprint density at radius 1 is 1.15 bits per heavy atom. The number of hydrogen-bond acceptors (Lipinski definition) is 2. The van der Waals surface area contributed by atoms with Gasteiger partial charge >= 0.3 is 6.09 Å². The predicted octanol–water partition coefficient (Wildman–Crippen LogP) is 4.32. The molecule has 0 saturated heterocycles. The van der Waals surface area contributed by atoms with Crippen LogP contribution in [-0.4, -0.2) is 6.09 Å². The summed E-state index contributed by atoms with van der Waals surface area (Å²) in [6.45, 7) is 0.0760. The van der Waals surface area contributed by atoms with E-state index in [-0.39, 0.29) is 15.9 Å². The third-order valence-corrected chi connectivity index (χ3v) is 3.47. The molecule has 0 saturated carbocycles. The molecule has 0 aliphatic heterocycles. The number of ether oxygens (including phenoxy) is 1. The average molecular weight is 389 g/mol. The molecule has 0 fully saturated rings. The lowest BCUT2D eigenvalue weighted by Gasteiger charge is -2.09. The molecule has 0 bridgehead atoms. The van der Waals surface area contributed by atoms with Crippen LogP contribution >= 0.6 is 22.6 Å². The van der Waals surface area contributed by atoms with Crippen molar-refractivity contribution in [1.29, 1.82) is 0 Å². The minimum atomic E-state index is -0.817. The number of benzene rings is 2. The quantitative estimate of drug-likeness (QED) is 0.628. The molecule has 1 amide bonds. The summed E-state index contributed by atoms with van der Waals surface area (Å²) < 4.78 is 31.5. The van der Waals surface area contributed by atoms with E-state index in [9.17, 15) is 13.6 Å². The second-order valence-electron chi connectivity index (χ2n) is 3.91. The van der Waals surface area contributed by atoms with E-state index in [1.54, 1.807) is 12.1 Å². The van der Waals surface area contributed by atoms with Crippen molar-refractivity contribution in [1.82, 2.24) is 0 Å². The molecule has 0 aliphatic carbocycles. The van der Waals surface area contributed by atoms with Gasteiger partial charge in [-0.3, -0.25) is 5.32 Å². The molecular formula is C14H10F2INO2. The molecule has 20 heavy (non-hydrogen) atoms. The summed E-state index contributed by atoms with van der Waals surface area (Å²) in [5.74, 6) is -1.49. The molecule has 0 spiro atoms. The number of carbonyl (C=O) groups is 1. The second-order valence-corrected chi connectivity index (χ2v) is 4.99. The van der Waals surface area contributed by atoms with E-state index in [0.717, 1.165) is 17.7 Å². The van der Waals surface area contributed by atoms with Crippen molar-refractivity contribution in [2.45, 2.75) is 6.61 Å². The molecule has 0 unspecified atom stereocenters. The third-order valence-electron chi connectivity index (χ3n) is 2.48. The lowest BCUT2D eigenvalue weighted by molar-refractivity contribution is 0.155.